The molecule has 3 N–H and O–H groups in total. The summed E-state index contributed by atoms with van der Waals surface area (Å²) in [5.41, 5.74) is 2.25. The van der Waals surface area contributed by atoms with Crippen molar-refractivity contribution in [3.8, 4) is 0 Å². The second kappa shape index (κ2) is 6.01. The summed E-state index contributed by atoms with van der Waals surface area (Å²) in [5, 5.41) is 19.7. The van der Waals surface area contributed by atoms with Crippen molar-refractivity contribution in [3.05, 3.63) is 17.5 Å². The first-order valence-electron chi connectivity index (χ1n) is 5.91. The van der Waals surface area contributed by atoms with Crippen LogP contribution >= 0.6 is 0 Å². The largest absolute Gasteiger partial charge is 0.395 e. The minimum absolute atomic E-state index is 0.157. The van der Waals surface area contributed by atoms with Crippen molar-refractivity contribution < 1.29 is 5.11 Å². The molecule has 4 heteroatoms. The molecule has 92 valence electrons. The highest BCUT2D eigenvalue weighted by Gasteiger charge is 2.16. The van der Waals surface area contributed by atoms with Crippen molar-refractivity contribution in [2.24, 2.45) is 5.92 Å². The van der Waals surface area contributed by atoms with E-state index in [4.69, 9.17) is 0 Å². The smallest absolute Gasteiger partial charge is 0.0584 e. The standard InChI is InChI=1S/C12H23N3O/c1-8(2)5-11(7-16)14-9(3)12-6-13-15-10(12)4/h6,8-9,11,14,16H,5,7H2,1-4H3,(H,13,15). The Balaban J connectivity index is 2.55. The molecule has 0 aliphatic carbocycles. The molecule has 1 heterocycles. The van der Waals surface area contributed by atoms with Gasteiger partial charge in [-0.15, -0.1) is 0 Å². The third-order valence-corrected chi connectivity index (χ3v) is 2.80. The molecule has 1 aromatic rings. The van der Waals surface area contributed by atoms with E-state index < -0.39 is 0 Å². The number of aromatic amines is 1. The Morgan fingerprint density at radius 3 is 2.56 bits per heavy atom. The van der Waals surface area contributed by atoms with Gasteiger partial charge in [-0.3, -0.25) is 5.10 Å². The van der Waals surface area contributed by atoms with Crippen LogP contribution in [0.2, 0.25) is 0 Å². The third-order valence-electron chi connectivity index (χ3n) is 2.80. The fourth-order valence-electron chi connectivity index (χ4n) is 2.00. The van der Waals surface area contributed by atoms with Crippen LogP contribution in [0.15, 0.2) is 6.20 Å². The van der Waals surface area contributed by atoms with Crippen LogP contribution in [-0.2, 0) is 0 Å². The lowest BCUT2D eigenvalue weighted by Gasteiger charge is -2.23. The SMILES string of the molecule is Cc1[nH]ncc1C(C)NC(CO)CC(C)C. The van der Waals surface area contributed by atoms with Crippen molar-refractivity contribution in [2.45, 2.75) is 46.2 Å². The maximum absolute atomic E-state index is 9.30. The monoisotopic (exact) mass is 225 g/mol. The normalized spacial score (nSPS) is 15.4. The van der Waals surface area contributed by atoms with Crippen LogP contribution in [-0.4, -0.2) is 28.0 Å². The van der Waals surface area contributed by atoms with Crippen molar-refractivity contribution in [1.29, 1.82) is 0 Å². The molecule has 0 spiro atoms. The van der Waals surface area contributed by atoms with E-state index in [1.165, 1.54) is 5.56 Å². The summed E-state index contributed by atoms with van der Waals surface area (Å²) in [6, 6.07) is 0.374. The molecule has 4 nitrogen and oxygen atoms in total. The minimum Gasteiger partial charge on any atom is -0.395 e. The van der Waals surface area contributed by atoms with Crippen LogP contribution in [0.1, 0.15) is 44.5 Å². The first-order valence-corrected chi connectivity index (χ1v) is 5.91. The second-order valence-electron chi connectivity index (χ2n) is 4.85. The van der Waals surface area contributed by atoms with Gasteiger partial charge in [-0.1, -0.05) is 13.8 Å². The van der Waals surface area contributed by atoms with Gasteiger partial charge in [0.2, 0.25) is 0 Å². The van der Waals surface area contributed by atoms with E-state index in [9.17, 15) is 5.11 Å². The third kappa shape index (κ3) is 3.61. The van der Waals surface area contributed by atoms with Crippen molar-refractivity contribution in [3.63, 3.8) is 0 Å². The van der Waals surface area contributed by atoms with Gasteiger partial charge in [-0.25, -0.2) is 0 Å². The van der Waals surface area contributed by atoms with E-state index in [-0.39, 0.29) is 18.7 Å². The van der Waals surface area contributed by atoms with Crippen LogP contribution in [0.4, 0.5) is 0 Å². The van der Waals surface area contributed by atoms with Crippen LogP contribution < -0.4 is 5.32 Å². The summed E-state index contributed by atoms with van der Waals surface area (Å²) < 4.78 is 0. The minimum atomic E-state index is 0.157. The summed E-state index contributed by atoms with van der Waals surface area (Å²) in [5.74, 6) is 0.585. The number of aromatic nitrogens is 2. The summed E-state index contributed by atoms with van der Waals surface area (Å²) >= 11 is 0. The predicted octanol–water partition coefficient (Wildman–Crippen LogP) is 1.78. The maximum atomic E-state index is 9.30. The Labute approximate surface area is 97.5 Å². The number of rotatable bonds is 6. The molecule has 0 amide bonds. The molecule has 0 fully saturated rings. The zero-order chi connectivity index (χ0) is 12.1. The molecule has 1 aromatic heterocycles. The van der Waals surface area contributed by atoms with Gasteiger partial charge in [0.05, 0.1) is 12.8 Å². The van der Waals surface area contributed by atoms with Crippen molar-refractivity contribution >= 4 is 0 Å². The maximum Gasteiger partial charge on any atom is 0.0584 e. The number of nitrogens with zero attached hydrogens (tertiary/aromatic N) is 1. The molecule has 16 heavy (non-hydrogen) atoms. The van der Waals surface area contributed by atoms with Crippen LogP contribution in [0, 0.1) is 12.8 Å². The first kappa shape index (κ1) is 13.2. The molecule has 2 unspecified atom stereocenters. The zero-order valence-corrected chi connectivity index (χ0v) is 10.6. The Hall–Kier alpha value is -0.870. The van der Waals surface area contributed by atoms with Gasteiger partial charge in [-0.05, 0) is 26.2 Å². The van der Waals surface area contributed by atoms with Gasteiger partial charge in [0.25, 0.3) is 0 Å². The van der Waals surface area contributed by atoms with E-state index >= 15 is 0 Å². The van der Waals surface area contributed by atoms with E-state index in [0.29, 0.717) is 5.92 Å². The molecular formula is C12H23N3O. The molecule has 0 aliphatic rings. The van der Waals surface area contributed by atoms with Crippen LogP contribution in [0.3, 0.4) is 0 Å². The summed E-state index contributed by atoms with van der Waals surface area (Å²) in [4.78, 5) is 0. The highest BCUT2D eigenvalue weighted by molar-refractivity contribution is 5.18. The first-order chi connectivity index (χ1) is 7.54. The van der Waals surface area contributed by atoms with Gasteiger partial charge >= 0.3 is 0 Å². The lowest BCUT2D eigenvalue weighted by molar-refractivity contribution is 0.215. The molecule has 0 saturated carbocycles. The highest BCUT2D eigenvalue weighted by atomic mass is 16.3. The lowest BCUT2D eigenvalue weighted by atomic mass is 10.0. The Morgan fingerprint density at radius 1 is 1.44 bits per heavy atom. The topological polar surface area (TPSA) is 60.9 Å². The molecule has 0 aliphatic heterocycles. The Morgan fingerprint density at radius 2 is 2.12 bits per heavy atom. The fraction of sp³-hybridized carbons (Fsp3) is 0.750. The number of nitrogens with one attached hydrogen (secondary N) is 2. The van der Waals surface area contributed by atoms with E-state index in [2.05, 4.69) is 36.3 Å². The van der Waals surface area contributed by atoms with Gasteiger partial charge in [0, 0.05) is 23.3 Å². The average molecular weight is 225 g/mol. The van der Waals surface area contributed by atoms with Gasteiger partial charge < -0.3 is 10.4 Å². The van der Waals surface area contributed by atoms with E-state index in [1.807, 2.05) is 13.1 Å². The Bertz CT molecular complexity index is 309. The molecule has 0 saturated heterocycles. The summed E-state index contributed by atoms with van der Waals surface area (Å²) in [6.45, 7) is 8.62. The molecular weight excluding hydrogens is 202 g/mol. The highest BCUT2D eigenvalue weighted by Crippen LogP contribution is 2.16. The zero-order valence-electron chi connectivity index (χ0n) is 10.6. The molecule has 0 bridgehead atoms. The number of aliphatic hydroxyl groups is 1. The second-order valence-corrected chi connectivity index (χ2v) is 4.85. The fourth-order valence-corrected chi connectivity index (χ4v) is 2.00. The van der Waals surface area contributed by atoms with Gasteiger partial charge in [0.1, 0.15) is 0 Å². The number of hydrogen-bond donors (Lipinski definition) is 3. The number of aryl methyl sites for hydroxylation is 1. The quantitative estimate of drug-likeness (QED) is 0.691. The van der Waals surface area contributed by atoms with Crippen LogP contribution in [0.25, 0.3) is 0 Å². The summed E-state index contributed by atoms with van der Waals surface area (Å²) in [6.07, 6.45) is 2.83. The molecule has 0 aromatic carbocycles. The molecule has 0 radical (unpaired) electrons. The summed E-state index contributed by atoms with van der Waals surface area (Å²) in [7, 11) is 0. The van der Waals surface area contributed by atoms with E-state index in [0.717, 1.165) is 12.1 Å². The van der Waals surface area contributed by atoms with Gasteiger partial charge in [0.15, 0.2) is 0 Å². The lowest BCUT2D eigenvalue weighted by Crippen LogP contribution is -2.35. The molecule has 1 rings (SSSR count). The van der Waals surface area contributed by atoms with Gasteiger partial charge in [-0.2, -0.15) is 5.10 Å². The van der Waals surface area contributed by atoms with Crippen molar-refractivity contribution in [1.82, 2.24) is 15.5 Å². The Kier molecular flexibility index (Phi) is 4.96. The molecule has 2 atom stereocenters. The average Bonchev–Trinajstić information content (AvgIpc) is 2.62. The van der Waals surface area contributed by atoms with Crippen LogP contribution in [0.5, 0.6) is 0 Å². The number of aliphatic hydroxyl groups excluding tert-OH is 1. The predicted molar refractivity (Wildman–Crippen MR) is 65.2 cm³/mol. The van der Waals surface area contributed by atoms with Crippen molar-refractivity contribution in [2.75, 3.05) is 6.61 Å². The van der Waals surface area contributed by atoms with E-state index in [1.54, 1.807) is 0 Å². The number of hydrogen-bond acceptors (Lipinski definition) is 3. The number of H-pyrrole nitrogens is 1.